The first-order valence-corrected chi connectivity index (χ1v) is 31.4. The molecular formula is C68H76BClI2N18O8. The number of nitrogens with one attached hydrogen (secondary N) is 2. The normalized spacial score (nSPS) is 10.4. The van der Waals surface area contributed by atoms with Crippen molar-refractivity contribution in [2.75, 3.05) is 60.2 Å². The number of nitrogen functional groups attached to an aromatic ring is 2. The third-order valence-electron chi connectivity index (χ3n) is 14.0. The van der Waals surface area contributed by atoms with Crippen molar-refractivity contribution in [2.45, 2.75) is 62.0 Å². The molecule has 0 aliphatic carbocycles. The van der Waals surface area contributed by atoms with Crippen LogP contribution in [0.15, 0.2) is 166 Å². The van der Waals surface area contributed by atoms with Crippen LogP contribution in [0.3, 0.4) is 0 Å². The van der Waals surface area contributed by atoms with Crippen LogP contribution in [-0.2, 0) is 19.1 Å². The molecule has 3 amide bonds. The number of nitrogens with two attached hydrogens (primary N) is 2. The van der Waals surface area contributed by atoms with Crippen LogP contribution in [0.1, 0.15) is 52.3 Å². The summed E-state index contributed by atoms with van der Waals surface area (Å²) < 4.78 is 17.3. The molecular weight excluding hydrogens is 1500 g/mol. The quantitative estimate of drug-likeness (QED) is 0.0270. The summed E-state index contributed by atoms with van der Waals surface area (Å²) in [5.74, 6) is 1.52. The van der Waals surface area contributed by atoms with Crippen LogP contribution in [-0.4, -0.2) is 133 Å². The molecule has 0 atom stereocenters. The highest BCUT2D eigenvalue weighted by Crippen LogP contribution is 2.35. The Balaban J connectivity index is 0.000000238. The van der Waals surface area contributed by atoms with Gasteiger partial charge in [-0.15, -0.1) is 0 Å². The second kappa shape index (κ2) is 35.2. The summed E-state index contributed by atoms with van der Waals surface area (Å²) in [6, 6.07) is 33.8. The maximum atomic E-state index is 12.1. The summed E-state index contributed by atoms with van der Waals surface area (Å²) in [5.41, 5.74) is 23.6. The summed E-state index contributed by atoms with van der Waals surface area (Å²) in [7, 11) is 5.53. The second-order valence-corrected chi connectivity index (χ2v) is 24.0. The highest BCUT2D eigenvalue weighted by Gasteiger charge is 2.23. The van der Waals surface area contributed by atoms with Gasteiger partial charge in [0.2, 0.25) is 17.1 Å². The van der Waals surface area contributed by atoms with Gasteiger partial charge < -0.3 is 46.1 Å². The largest absolute Gasteiger partial charge is 0.496 e. The minimum Gasteiger partial charge on any atom is -0.496 e. The highest BCUT2D eigenvalue weighted by atomic mass is 127. The molecule has 11 rings (SSSR count). The number of hydrogen-bond acceptors (Lipinski definition) is 20. The Hall–Kier alpha value is -10.2. The van der Waals surface area contributed by atoms with Gasteiger partial charge in [-0.25, -0.2) is 48.7 Å². The Kier molecular flexibility index (Phi) is 28.2. The zero-order valence-corrected chi connectivity index (χ0v) is 59.0. The average Bonchev–Trinajstić information content (AvgIpc) is 1.62. The Bertz CT molecular complexity index is 4660. The van der Waals surface area contributed by atoms with Gasteiger partial charge in [0.25, 0.3) is 0 Å². The van der Waals surface area contributed by atoms with E-state index in [4.69, 9.17) is 47.7 Å². The Morgan fingerprint density at radius 1 is 0.612 bits per heavy atom. The number of nitrogens with zero attached hydrogens (tertiary/aromatic N) is 14. The van der Waals surface area contributed by atoms with Gasteiger partial charge in [0.1, 0.15) is 55.1 Å². The molecule has 5 aromatic carbocycles. The van der Waals surface area contributed by atoms with E-state index in [1.54, 1.807) is 68.2 Å². The van der Waals surface area contributed by atoms with Crippen molar-refractivity contribution in [2.24, 2.45) is 0 Å². The number of aryl methyl sites for hydroxylation is 3. The van der Waals surface area contributed by atoms with Crippen LogP contribution < -0.4 is 42.1 Å². The number of likely N-dealkylation sites (N-methyl/N-ethyl adjacent to an activating group) is 2. The summed E-state index contributed by atoms with van der Waals surface area (Å²) in [6.45, 7) is 21.4. The number of aromatic nitrogens is 12. The van der Waals surface area contributed by atoms with E-state index >= 15 is 0 Å². The fourth-order valence-electron chi connectivity index (χ4n) is 8.88. The Morgan fingerprint density at radius 2 is 1.05 bits per heavy atom. The van der Waals surface area contributed by atoms with Crippen molar-refractivity contribution >= 4 is 160 Å². The van der Waals surface area contributed by atoms with E-state index in [1.165, 1.54) is 40.9 Å². The van der Waals surface area contributed by atoms with Crippen LogP contribution in [0.4, 0.5) is 39.3 Å². The molecule has 26 nitrogen and oxygen atoms in total. The summed E-state index contributed by atoms with van der Waals surface area (Å²) >= 11 is 8.92. The zero-order chi connectivity index (χ0) is 70.3. The Morgan fingerprint density at radius 3 is 1.50 bits per heavy atom. The number of benzene rings is 5. The monoisotopic (exact) mass is 1570 g/mol. The maximum Gasteiger partial charge on any atom is 0.488 e. The van der Waals surface area contributed by atoms with E-state index in [1.807, 2.05) is 125 Å². The molecule has 6 aromatic heterocycles. The SMILES string of the molecule is C.C.C=CC(=O)Cl.C=CC(=O)N(C)c1ccc(-n2nc(-c3ccc(C)c(OC)c3)c3c(N)ncnc32)cc1.C=CC(=O)N(C)c1ccc(-n2nc(I)c3c(N)ncnc32)cc1.CNc1ccc(-n2nc(I)c3c(NC(=O)OC(C)(C)C)ncnc32)cc1.Cc1ccc(B(O)O)cc1C. The molecule has 8 N–H and O–H groups in total. The van der Waals surface area contributed by atoms with E-state index in [-0.39, 0.29) is 26.7 Å². The van der Waals surface area contributed by atoms with Crippen molar-refractivity contribution in [3.8, 4) is 34.1 Å². The zero-order valence-electron chi connectivity index (χ0n) is 53.9. The van der Waals surface area contributed by atoms with E-state index < -0.39 is 24.1 Å². The molecule has 0 radical (unpaired) electrons. The molecule has 30 heteroatoms. The van der Waals surface area contributed by atoms with Gasteiger partial charge in [-0.1, -0.05) is 64.9 Å². The molecule has 0 saturated carbocycles. The van der Waals surface area contributed by atoms with Crippen LogP contribution in [0.5, 0.6) is 5.75 Å². The van der Waals surface area contributed by atoms with Gasteiger partial charge in [0, 0.05) is 43.8 Å². The van der Waals surface area contributed by atoms with Gasteiger partial charge in [-0.05, 0) is 218 Å². The minimum atomic E-state index is -1.35. The van der Waals surface area contributed by atoms with Crippen molar-refractivity contribution in [3.63, 3.8) is 0 Å². The number of anilines is 6. The van der Waals surface area contributed by atoms with E-state index in [2.05, 4.69) is 116 Å². The molecule has 0 spiro atoms. The lowest BCUT2D eigenvalue weighted by molar-refractivity contribution is -0.114. The first-order valence-electron chi connectivity index (χ1n) is 28.9. The van der Waals surface area contributed by atoms with Crippen LogP contribution in [0.25, 0.3) is 61.4 Å². The fraction of sp³-hybridized carbons (Fsp3) is 0.191. The third kappa shape index (κ3) is 19.3. The number of carbonyl (C=O) groups is 4. The van der Waals surface area contributed by atoms with E-state index in [9.17, 15) is 19.2 Å². The number of fused-ring (bicyclic) bond motifs is 3. The summed E-state index contributed by atoms with van der Waals surface area (Å²) in [6.07, 6.45) is 7.25. The topological polar surface area (TPSA) is 341 Å². The standard InChI is InChI=1S/C23H22N6O2.C17H19IN6O2.C15H13IN6O.C8H11BO2.C3H3ClO.2CH4/c1-5-19(30)28(3)16-8-10-17(11-9-16)29-23-20(22(24)25-13-26-23)21(27-29)15-7-6-14(2)18(12-15)31-4;1-17(2,3)26-16(25)22-14-12-13(18)23-24(15(12)21-9-20-14)11-7-5-10(19-4)6-8-11;1-3-11(23)21(2)9-4-6-10(7-5-9)22-15-12(13(16)20-22)14(17)18-8-19-15;1-6-3-4-8(9(10)11)5-7(6)2;1-2-3(4)5;;/h5-13H,1H2,2-4H3,(H2,24,25,26);5-9,19H,1-4H3,(H,20,21,22,25);3-8H,1H2,2H3,(H2,17,18,19);3-5,10-11H,1-2H3;2H,1H2;2*1H4. The van der Waals surface area contributed by atoms with Crippen molar-refractivity contribution in [1.29, 1.82) is 0 Å². The number of methoxy groups -OCH3 is 1. The van der Waals surface area contributed by atoms with E-state index in [0.29, 0.717) is 60.0 Å². The lowest BCUT2D eigenvalue weighted by Gasteiger charge is -2.19. The number of carbonyl (C=O) groups excluding carboxylic acids is 4. The molecule has 11 aromatic rings. The number of amides is 3. The van der Waals surface area contributed by atoms with Gasteiger partial charge in [-0.2, -0.15) is 15.3 Å². The van der Waals surface area contributed by atoms with Crippen molar-refractivity contribution in [3.05, 3.63) is 190 Å². The minimum absolute atomic E-state index is 0. The number of ether oxygens (including phenoxy) is 2. The number of hydrogen-bond donors (Lipinski definition) is 6. The lowest BCUT2D eigenvalue weighted by Crippen LogP contribution is -2.29. The van der Waals surface area contributed by atoms with Crippen LogP contribution in [0, 0.1) is 28.2 Å². The summed E-state index contributed by atoms with van der Waals surface area (Å²) in [5, 5.41) is 38.7. The maximum absolute atomic E-state index is 12.1. The average molecular weight is 1570 g/mol. The Labute approximate surface area is 600 Å². The molecule has 98 heavy (non-hydrogen) atoms. The second-order valence-electron chi connectivity index (χ2n) is 21.6. The predicted octanol–water partition coefficient (Wildman–Crippen LogP) is 11.7. The molecule has 510 valence electrons. The van der Waals surface area contributed by atoms with Gasteiger partial charge in [-0.3, -0.25) is 19.7 Å². The predicted molar refractivity (Wildman–Crippen MR) is 408 cm³/mol. The molecule has 0 unspecified atom stereocenters. The number of rotatable bonds is 13. The third-order valence-corrected chi connectivity index (χ3v) is 15.7. The molecule has 0 saturated heterocycles. The molecule has 6 heterocycles. The number of halogens is 3. The van der Waals surface area contributed by atoms with Gasteiger partial charge in [0.15, 0.2) is 22.8 Å². The first-order chi connectivity index (χ1) is 45.6. The highest BCUT2D eigenvalue weighted by molar-refractivity contribution is 14.1. The lowest BCUT2D eigenvalue weighted by atomic mass is 9.79. The fourth-order valence-corrected chi connectivity index (χ4v) is 10.3. The van der Waals surface area contributed by atoms with Gasteiger partial charge >= 0.3 is 13.2 Å². The molecule has 0 fully saturated rings. The summed E-state index contributed by atoms with van der Waals surface area (Å²) in [4.78, 5) is 73.5. The first kappa shape index (κ1) is 78.5. The molecule has 0 aliphatic rings. The van der Waals surface area contributed by atoms with Crippen molar-refractivity contribution < 1.29 is 38.7 Å². The number of allylic oxidation sites excluding steroid dienone is 1. The van der Waals surface area contributed by atoms with E-state index in [0.717, 1.165) is 77.3 Å². The van der Waals surface area contributed by atoms with Crippen LogP contribution in [0.2, 0.25) is 0 Å². The van der Waals surface area contributed by atoms with Crippen molar-refractivity contribution in [1.82, 2.24) is 59.2 Å². The van der Waals surface area contributed by atoms with Crippen LogP contribution >= 0.6 is 56.8 Å². The molecule has 0 aliphatic heterocycles. The molecule has 0 bridgehead atoms. The van der Waals surface area contributed by atoms with Gasteiger partial charge in [0.05, 0.1) is 40.3 Å². The smallest absolute Gasteiger partial charge is 0.488 e.